The predicted molar refractivity (Wildman–Crippen MR) is 53.8 cm³/mol. The molecule has 0 atom stereocenters. The second-order valence-corrected chi connectivity index (χ2v) is 3.41. The maximum absolute atomic E-state index is 8.77. The first-order valence-corrected chi connectivity index (χ1v) is 4.67. The van der Waals surface area contributed by atoms with Crippen molar-refractivity contribution in [1.29, 1.82) is 5.26 Å². The summed E-state index contributed by atoms with van der Waals surface area (Å²) in [5.74, 6) is 0.275. The molecule has 1 aromatic heterocycles. The Morgan fingerprint density at radius 2 is 2.14 bits per heavy atom. The molecule has 5 heteroatoms. The van der Waals surface area contributed by atoms with Gasteiger partial charge >= 0.3 is 0 Å². The van der Waals surface area contributed by atoms with Gasteiger partial charge in [-0.05, 0) is 28.1 Å². The molecule has 0 aliphatic carbocycles. The molecule has 2 aromatic rings. The third-order valence-electron chi connectivity index (χ3n) is 1.73. The highest BCUT2D eigenvalue weighted by Gasteiger charge is 2.07. The zero-order valence-electron chi connectivity index (χ0n) is 7.05. The average Bonchev–Trinajstić information content (AvgIpc) is 2.66. The molecule has 14 heavy (non-hydrogen) atoms. The van der Waals surface area contributed by atoms with Crippen LogP contribution in [0.15, 0.2) is 35.1 Å². The highest BCUT2D eigenvalue weighted by atomic mass is 79.9. The van der Waals surface area contributed by atoms with Gasteiger partial charge in [-0.25, -0.2) is 9.67 Å². The fraction of sp³-hybridized carbons (Fsp3) is 0. The van der Waals surface area contributed by atoms with Crippen LogP contribution < -0.4 is 0 Å². The van der Waals surface area contributed by atoms with Gasteiger partial charge in [0, 0.05) is 4.47 Å². The number of benzene rings is 1. The van der Waals surface area contributed by atoms with E-state index >= 15 is 0 Å². The Morgan fingerprint density at radius 3 is 2.86 bits per heavy atom. The molecule has 0 saturated heterocycles. The Bertz CT molecular complexity index is 498. The molecule has 1 aromatic carbocycles. The van der Waals surface area contributed by atoms with Crippen LogP contribution in [0.3, 0.4) is 0 Å². The monoisotopic (exact) mass is 248 g/mol. The lowest BCUT2D eigenvalue weighted by Gasteiger charge is -2.03. The third kappa shape index (κ3) is 1.40. The standard InChI is InChI=1S/C9H5BrN4/c10-7-3-1-2-4-8(7)14-9(5-11)12-6-13-14/h1-4,6H. The Labute approximate surface area is 88.9 Å². The van der Waals surface area contributed by atoms with Crippen molar-refractivity contribution in [3.8, 4) is 11.8 Å². The van der Waals surface area contributed by atoms with Crippen molar-refractivity contribution >= 4 is 15.9 Å². The van der Waals surface area contributed by atoms with Gasteiger partial charge in [0.1, 0.15) is 12.4 Å². The van der Waals surface area contributed by atoms with E-state index in [1.54, 1.807) is 0 Å². The van der Waals surface area contributed by atoms with E-state index in [0.29, 0.717) is 0 Å². The van der Waals surface area contributed by atoms with E-state index in [-0.39, 0.29) is 5.82 Å². The molecule has 0 amide bonds. The SMILES string of the molecule is N#Cc1ncnn1-c1ccccc1Br. The van der Waals surface area contributed by atoms with E-state index in [9.17, 15) is 0 Å². The van der Waals surface area contributed by atoms with Crippen LogP contribution in [0.2, 0.25) is 0 Å². The molecule has 0 aliphatic rings. The molecule has 0 unspecified atom stereocenters. The second-order valence-electron chi connectivity index (χ2n) is 2.56. The lowest BCUT2D eigenvalue weighted by atomic mass is 10.3. The summed E-state index contributed by atoms with van der Waals surface area (Å²) in [4.78, 5) is 3.82. The van der Waals surface area contributed by atoms with Crippen LogP contribution in [-0.2, 0) is 0 Å². The fourth-order valence-electron chi connectivity index (χ4n) is 1.12. The van der Waals surface area contributed by atoms with Crippen molar-refractivity contribution in [3.63, 3.8) is 0 Å². The first-order chi connectivity index (χ1) is 6.83. The molecule has 0 N–H and O–H groups in total. The topological polar surface area (TPSA) is 54.5 Å². The van der Waals surface area contributed by atoms with Crippen LogP contribution in [0.1, 0.15) is 5.82 Å². The number of rotatable bonds is 1. The van der Waals surface area contributed by atoms with Gasteiger partial charge in [0.05, 0.1) is 5.69 Å². The number of halogens is 1. The number of hydrogen-bond acceptors (Lipinski definition) is 3. The Kier molecular flexibility index (Phi) is 2.29. The highest BCUT2D eigenvalue weighted by Crippen LogP contribution is 2.19. The molecule has 0 fully saturated rings. The minimum absolute atomic E-state index is 0.275. The smallest absolute Gasteiger partial charge is 0.205 e. The molecule has 0 radical (unpaired) electrons. The van der Waals surface area contributed by atoms with Crippen molar-refractivity contribution in [1.82, 2.24) is 14.8 Å². The molecule has 0 spiro atoms. The van der Waals surface area contributed by atoms with E-state index in [4.69, 9.17) is 5.26 Å². The maximum atomic E-state index is 8.77. The van der Waals surface area contributed by atoms with Gasteiger partial charge in [0.2, 0.25) is 5.82 Å². The van der Waals surface area contributed by atoms with Crippen LogP contribution in [0.25, 0.3) is 5.69 Å². The van der Waals surface area contributed by atoms with Gasteiger partial charge in [0.25, 0.3) is 0 Å². The van der Waals surface area contributed by atoms with Gasteiger partial charge < -0.3 is 0 Å². The number of para-hydroxylation sites is 1. The van der Waals surface area contributed by atoms with Crippen molar-refractivity contribution in [2.45, 2.75) is 0 Å². The van der Waals surface area contributed by atoms with Crippen molar-refractivity contribution in [2.75, 3.05) is 0 Å². The average molecular weight is 249 g/mol. The van der Waals surface area contributed by atoms with Crippen LogP contribution >= 0.6 is 15.9 Å². The molecule has 68 valence electrons. The van der Waals surface area contributed by atoms with E-state index < -0.39 is 0 Å². The minimum atomic E-state index is 0.275. The summed E-state index contributed by atoms with van der Waals surface area (Å²) < 4.78 is 2.37. The molecular weight excluding hydrogens is 244 g/mol. The summed E-state index contributed by atoms with van der Waals surface area (Å²) in [5.41, 5.74) is 0.807. The highest BCUT2D eigenvalue weighted by molar-refractivity contribution is 9.10. The zero-order valence-corrected chi connectivity index (χ0v) is 8.64. The lowest BCUT2D eigenvalue weighted by Crippen LogP contribution is -2.00. The van der Waals surface area contributed by atoms with Gasteiger partial charge in [-0.3, -0.25) is 0 Å². The van der Waals surface area contributed by atoms with Crippen LogP contribution in [0.4, 0.5) is 0 Å². The van der Waals surface area contributed by atoms with Gasteiger partial charge in [-0.2, -0.15) is 10.4 Å². The van der Waals surface area contributed by atoms with E-state index in [0.717, 1.165) is 10.2 Å². The molecule has 0 aliphatic heterocycles. The molecule has 2 rings (SSSR count). The summed E-state index contributed by atoms with van der Waals surface area (Å²) >= 11 is 3.38. The fourth-order valence-corrected chi connectivity index (χ4v) is 1.57. The Balaban J connectivity index is 2.62. The quantitative estimate of drug-likeness (QED) is 0.775. The van der Waals surface area contributed by atoms with Crippen LogP contribution in [-0.4, -0.2) is 14.8 Å². The maximum Gasteiger partial charge on any atom is 0.235 e. The summed E-state index contributed by atoms with van der Waals surface area (Å²) in [6.45, 7) is 0. The van der Waals surface area contributed by atoms with Crippen molar-refractivity contribution in [3.05, 3.63) is 40.9 Å². The van der Waals surface area contributed by atoms with Crippen LogP contribution in [0.5, 0.6) is 0 Å². The lowest BCUT2D eigenvalue weighted by molar-refractivity contribution is 0.859. The molecule has 1 heterocycles. The number of aromatic nitrogens is 3. The van der Waals surface area contributed by atoms with Gasteiger partial charge in [-0.1, -0.05) is 12.1 Å². The first kappa shape index (κ1) is 8.91. The van der Waals surface area contributed by atoms with E-state index in [2.05, 4.69) is 26.0 Å². The molecular formula is C9H5BrN4. The molecule has 4 nitrogen and oxygen atoms in total. The van der Waals surface area contributed by atoms with Crippen molar-refractivity contribution in [2.24, 2.45) is 0 Å². The van der Waals surface area contributed by atoms with E-state index in [1.165, 1.54) is 11.0 Å². The first-order valence-electron chi connectivity index (χ1n) is 3.88. The Hall–Kier alpha value is -1.67. The zero-order chi connectivity index (χ0) is 9.97. The number of hydrogen-bond donors (Lipinski definition) is 0. The molecule has 0 saturated carbocycles. The normalized spacial score (nSPS) is 9.71. The summed E-state index contributed by atoms with van der Waals surface area (Å²) in [6, 6.07) is 9.49. The third-order valence-corrected chi connectivity index (χ3v) is 2.40. The summed E-state index contributed by atoms with van der Waals surface area (Å²) in [7, 11) is 0. The minimum Gasteiger partial charge on any atom is -0.205 e. The number of nitriles is 1. The second kappa shape index (κ2) is 3.60. The predicted octanol–water partition coefficient (Wildman–Crippen LogP) is 1.90. The van der Waals surface area contributed by atoms with Crippen LogP contribution in [0, 0.1) is 11.3 Å². The van der Waals surface area contributed by atoms with Gasteiger partial charge in [0.15, 0.2) is 0 Å². The summed E-state index contributed by atoms with van der Waals surface area (Å²) in [5, 5.41) is 12.7. The number of nitrogens with zero attached hydrogens (tertiary/aromatic N) is 4. The molecule has 0 bridgehead atoms. The van der Waals surface area contributed by atoms with Gasteiger partial charge in [-0.15, -0.1) is 0 Å². The van der Waals surface area contributed by atoms with E-state index in [1.807, 2.05) is 30.3 Å². The Morgan fingerprint density at radius 1 is 1.36 bits per heavy atom. The largest absolute Gasteiger partial charge is 0.235 e. The summed E-state index contributed by atoms with van der Waals surface area (Å²) in [6.07, 6.45) is 1.36. The van der Waals surface area contributed by atoms with Crippen molar-refractivity contribution < 1.29 is 0 Å².